The maximum atomic E-state index is 6.06. The van der Waals surface area contributed by atoms with E-state index in [0.29, 0.717) is 5.92 Å². The molecule has 0 aliphatic heterocycles. The van der Waals surface area contributed by atoms with Gasteiger partial charge in [-0.1, -0.05) is 31.0 Å². The SMILES string of the molecule is CC(C)Oc1ccccc1C1CCCCC1CNC1CC1. The van der Waals surface area contributed by atoms with Crippen molar-refractivity contribution in [3.63, 3.8) is 0 Å². The maximum absolute atomic E-state index is 6.06. The van der Waals surface area contributed by atoms with Crippen LogP contribution < -0.4 is 10.1 Å². The first-order valence-electron chi connectivity index (χ1n) is 8.73. The van der Waals surface area contributed by atoms with Crippen LogP contribution in [-0.4, -0.2) is 18.7 Å². The summed E-state index contributed by atoms with van der Waals surface area (Å²) in [7, 11) is 0. The van der Waals surface area contributed by atoms with Crippen molar-refractivity contribution < 1.29 is 4.74 Å². The lowest BCUT2D eigenvalue weighted by Gasteiger charge is -2.33. The molecule has 1 aromatic carbocycles. The van der Waals surface area contributed by atoms with Crippen LogP contribution >= 0.6 is 0 Å². The van der Waals surface area contributed by atoms with Crippen LogP contribution in [0.1, 0.15) is 63.9 Å². The van der Waals surface area contributed by atoms with Gasteiger partial charge in [-0.25, -0.2) is 0 Å². The average Bonchev–Trinajstić information content (AvgIpc) is 3.30. The molecule has 2 aliphatic carbocycles. The molecule has 21 heavy (non-hydrogen) atoms. The molecule has 1 aromatic rings. The molecule has 0 bridgehead atoms. The van der Waals surface area contributed by atoms with Crippen molar-refractivity contribution in [2.75, 3.05) is 6.54 Å². The van der Waals surface area contributed by atoms with E-state index in [1.165, 1.54) is 50.6 Å². The smallest absolute Gasteiger partial charge is 0.123 e. The summed E-state index contributed by atoms with van der Waals surface area (Å²) < 4.78 is 6.06. The van der Waals surface area contributed by atoms with Gasteiger partial charge < -0.3 is 10.1 Å². The largest absolute Gasteiger partial charge is 0.491 e. The molecule has 2 atom stereocenters. The highest BCUT2D eigenvalue weighted by Gasteiger charge is 2.30. The Kier molecular flexibility index (Phi) is 4.84. The van der Waals surface area contributed by atoms with Crippen LogP contribution in [0.3, 0.4) is 0 Å². The van der Waals surface area contributed by atoms with Crippen LogP contribution in [0.4, 0.5) is 0 Å². The first-order chi connectivity index (χ1) is 10.2. The molecule has 0 heterocycles. The Labute approximate surface area is 129 Å². The van der Waals surface area contributed by atoms with E-state index in [2.05, 4.69) is 43.4 Å². The molecule has 2 fully saturated rings. The Bertz CT molecular complexity index is 453. The second-order valence-corrected chi connectivity index (χ2v) is 7.04. The van der Waals surface area contributed by atoms with Crippen LogP contribution in [0, 0.1) is 5.92 Å². The van der Waals surface area contributed by atoms with E-state index in [1.54, 1.807) is 0 Å². The van der Waals surface area contributed by atoms with Crippen LogP contribution in [-0.2, 0) is 0 Å². The molecule has 2 nitrogen and oxygen atoms in total. The van der Waals surface area contributed by atoms with Gasteiger partial charge in [0.15, 0.2) is 0 Å². The van der Waals surface area contributed by atoms with Gasteiger partial charge in [0.1, 0.15) is 5.75 Å². The highest BCUT2D eigenvalue weighted by molar-refractivity contribution is 5.37. The third-order valence-electron chi connectivity index (χ3n) is 4.84. The van der Waals surface area contributed by atoms with Crippen molar-refractivity contribution in [3.8, 4) is 5.75 Å². The predicted octanol–water partition coefficient (Wildman–Crippen LogP) is 4.50. The molecule has 1 N–H and O–H groups in total. The number of hydrogen-bond acceptors (Lipinski definition) is 2. The second-order valence-electron chi connectivity index (χ2n) is 7.04. The Morgan fingerprint density at radius 1 is 1.10 bits per heavy atom. The van der Waals surface area contributed by atoms with Gasteiger partial charge in [-0.15, -0.1) is 0 Å². The number of rotatable bonds is 6. The van der Waals surface area contributed by atoms with Crippen molar-refractivity contribution in [2.24, 2.45) is 5.92 Å². The molecule has 3 rings (SSSR count). The standard InChI is InChI=1S/C19H29NO/c1-14(2)21-19-10-6-5-9-18(19)17-8-4-3-7-15(17)13-20-16-11-12-16/h5-6,9-10,14-17,20H,3-4,7-8,11-13H2,1-2H3. The van der Waals surface area contributed by atoms with Gasteiger partial charge in [0.2, 0.25) is 0 Å². The van der Waals surface area contributed by atoms with E-state index in [4.69, 9.17) is 4.74 Å². The fourth-order valence-electron chi connectivity index (χ4n) is 3.62. The number of ether oxygens (including phenoxy) is 1. The molecule has 2 saturated carbocycles. The molecular weight excluding hydrogens is 258 g/mol. The van der Waals surface area contributed by atoms with Crippen molar-refractivity contribution in [1.29, 1.82) is 0 Å². The zero-order valence-electron chi connectivity index (χ0n) is 13.5. The minimum absolute atomic E-state index is 0.248. The van der Waals surface area contributed by atoms with E-state index in [-0.39, 0.29) is 6.10 Å². The predicted molar refractivity (Wildman–Crippen MR) is 87.9 cm³/mol. The van der Waals surface area contributed by atoms with Crippen molar-refractivity contribution >= 4 is 0 Å². The minimum atomic E-state index is 0.248. The summed E-state index contributed by atoms with van der Waals surface area (Å²) in [6.45, 7) is 5.42. The highest BCUT2D eigenvalue weighted by atomic mass is 16.5. The lowest BCUT2D eigenvalue weighted by molar-refractivity contribution is 0.229. The zero-order chi connectivity index (χ0) is 14.7. The first kappa shape index (κ1) is 14.9. The third kappa shape index (κ3) is 4.00. The molecule has 0 spiro atoms. The molecule has 116 valence electrons. The summed E-state index contributed by atoms with van der Waals surface area (Å²) in [5.41, 5.74) is 1.44. The maximum Gasteiger partial charge on any atom is 0.123 e. The molecule has 0 aromatic heterocycles. The quantitative estimate of drug-likeness (QED) is 0.831. The monoisotopic (exact) mass is 287 g/mol. The molecule has 2 unspecified atom stereocenters. The summed E-state index contributed by atoms with van der Waals surface area (Å²) in [6, 6.07) is 9.52. The fraction of sp³-hybridized carbons (Fsp3) is 0.684. The summed E-state index contributed by atoms with van der Waals surface area (Å²) in [5.74, 6) is 2.55. The summed E-state index contributed by atoms with van der Waals surface area (Å²) in [5, 5.41) is 3.75. The van der Waals surface area contributed by atoms with Gasteiger partial charge in [0.25, 0.3) is 0 Å². The Morgan fingerprint density at radius 3 is 2.62 bits per heavy atom. The van der Waals surface area contributed by atoms with Crippen LogP contribution in [0.25, 0.3) is 0 Å². The number of nitrogens with one attached hydrogen (secondary N) is 1. The molecule has 0 saturated heterocycles. The van der Waals surface area contributed by atoms with E-state index in [1.807, 2.05) is 0 Å². The summed E-state index contributed by atoms with van der Waals surface area (Å²) >= 11 is 0. The lowest BCUT2D eigenvalue weighted by atomic mass is 9.75. The first-order valence-corrected chi connectivity index (χ1v) is 8.73. The van der Waals surface area contributed by atoms with E-state index in [0.717, 1.165) is 17.7 Å². The topological polar surface area (TPSA) is 21.3 Å². The normalized spacial score (nSPS) is 26.0. The van der Waals surface area contributed by atoms with Crippen molar-refractivity contribution in [1.82, 2.24) is 5.32 Å². The molecule has 0 radical (unpaired) electrons. The Hall–Kier alpha value is -1.02. The van der Waals surface area contributed by atoms with E-state index >= 15 is 0 Å². The van der Waals surface area contributed by atoms with Crippen LogP contribution in [0.5, 0.6) is 5.75 Å². The summed E-state index contributed by atoms with van der Waals surface area (Å²) in [4.78, 5) is 0. The Balaban J connectivity index is 1.74. The van der Waals surface area contributed by atoms with Gasteiger partial charge in [-0.05, 0) is 69.5 Å². The van der Waals surface area contributed by atoms with Crippen LogP contribution in [0.2, 0.25) is 0 Å². The van der Waals surface area contributed by atoms with Crippen molar-refractivity contribution in [2.45, 2.75) is 70.4 Å². The zero-order valence-corrected chi connectivity index (χ0v) is 13.5. The lowest BCUT2D eigenvalue weighted by Crippen LogP contribution is -2.31. The van der Waals surface area contributed by atoms with Gasteiger partial charge in [-0.2, -0.15) is 0 Å². The molecule has 2 aliphatic rings. The highest BCUT2D eigenvalue weighted by Crippen LogP contribution is 2.41. The van der Waals surface area contributed by atoms with E-state index < -0.39 is 0 Å². The van der Waals surface area contributed by atoms with Crippen molar-refractivity contribution in [3.05, 3.63) is 29.8 Å². The van der Waals surface area contributed by atoms with E-state index in [9.17, 15) is 0 Å². The minimum Gasteiger partial charge on any atom is -0.491 e. The Morgan fingerprint density at radius 2 is 1.86 bits per heavy atom. The second kappa shape index (κ2) is 6.83. The average molecular weight is 287 g/mol. The fourth-order valence-corrected chi connectivity index (χ4v) is 3.62. The molecule has 0 amide bonds. The molecular formula is C19H29NO. The van der Waals surface area contributed by atoms with Gasteiger partial charge >= 0.3 is 0 Å². The number of hydrogen-bond donors (Lipinski definition) is 1. The third-order valence-corrected chi connectivity index (χ3v) is 4.84. The number of benzene rings is 1. The van der Waals surface area contributed by atoms with Gasteiger partial charge in [0.05, 0.1) is 6.10 Å². The number of para-hydroxylation sites is 1. The van der Waals surface area contributed by atoms with Gasteiger partial charge in [0, 0.05) is 6.04 Å². The van der Waals surface area contributed by atoms with Crippen LogP contribution in [0.15, 0.2) is 24.3 Å². The summed E-state index contributed by atoms with van der Waals surface area (Å²) in [6.07, 6.45) is 8.43. The molecule has 2 heteroatoms. The van der Waals surface area contributed by atoms with Gasteiger partial charge in [-0.3, -0.25) is 0 Å².